The first-order chi connectivity index (χ1) is 9.13. The number of carboxylic acid groups (broad SMARTS) is 1. The van der Waals surface area contributed by atoms with Crippen LogP contribution in [0, 0.1) is 0 Å². The van der Waals surface area contributed by atoms with E-state index in [4.69, 9.17) is 21.4 Å². The van der Waals surface area contributed by atoms with E-state index in [0.717, 1.165) is 6.92 Å². The third-order valence-corrected chi connectivity index (χ3v) is 4.32. The van der Waals surface area contributed by atoms with Crippen molar-refractivity contribution in [2.24, 2.45) is 0 Å². The lowest BCUT2D eigenvalue weighted by Crippen LogP contribution is -2.32. The zero-order valence-electron chi connectivity index (χ0n) is 11.3. The Morgan fingerprint density at radius 2 is 1.95 bits per heavy atom. The van der Waals surface area contributed by atoms with Gasteiger partial charge in [0.25, 0.3) is 0 Å². The molecule has 6 nitrogen and oxygen atoms in total. The molecule has 112 valence electrons. The summed E-state index contributed by atoms with van der Waals surface area (Å²) in [6.07, 6.45) is -0.0675. The summed E-state index contributed by atoms with van der Waals surface area (Å²) in [6, 6.07) is 4.34. The Labute approximate surface area is 122 Å². The van der Waals surface area contributed by atoms with Crippen LogP contribution < -0.4 is 9.46 Å². The van der Waals surface area contributed by atoms with Gasteiger partial charge in [0.1, 0.15) is 5.75 Å². The largest absolute Gasteiger partial charge is 0.489 e. The standard InChI is InChI=1S/C12H16ClNO5S/c1-7(2)19-11-5-4-9(6-10(11)13)14-20(17,18)8(3)12(15)16/h4-8,14H,1-3H3,(H,15,16). The van der Waals surface area contributed by atoms with Crippen molar-refractivity contribution in [3.63, 3.8) is 0 Å². The molecule has 0 amide bonds. The molecule has 0 saturated heterocycles. The smallest absolute Gasteiger partial charge is 0.323 e. The lowest BCUT2D eigenvalue weighted by Gasteiger charge is -2.14. The second-order valence-electron chi connectivity index (χ2n) is 4.44. The average molecular weight is 322 g/mol. The molecule has 0 bridgehead atoms. The van der Waals surface area contributed by atoms with Gasteiger partial charge in [-0.15, -0.1) is 0 Å². The van der Waals surface area contributed by atoms with Gasteiger partial charge >= 0.3 is 5.97 Å². The fourth-order valence-corrected chi connectivity index (χ4v) is 2.42. The van der Waals surface area contributed by atoms with Crippen molar-refractivity contribution in [3.05, 3.63) is 23.2 Å². The summed E-state index contributed by atoms with van der Waals surface area (Å²) < 4.78 is 31.1. The van der Waals surface area contributed by atoms with Gasteiger partial charge in [-0.05, 0) is 39.0 Å². The van der Waals surface area contributed by atoms with Gasteiger partial charge in [0.2, 0.25) is 10.0 Å². The van der Waals surface area contributed by atoms with Crippen molar-refractivity contribution < 1.29 is 23.1 Å². The molecule has 0 aliphatic heterocycles. The molecule has 0 aliphatic rings. The van der Waals surface area contributed by atoms with Crippen LogP contribution in [0.25, 0.3) is 0 Å². The van der Waals surface area contributed by atoms with E-state index in [9.17, 15) is 13.2 Å². The minimum Gasteiger partial charge on any atom is -0.489 e. The van der Waals surface area contributed by atoms with E-state index in [1.807, 2.05) is 13.8 Å². The molecule has 8 heteroatoms. The predicted octanol–water partition coefficient (Wildman–Crippen LogP) is 2.34. The lowest BCUT2D eigenvalue weighted by molar-refractivity contribution is -0.136. The van der Waals surface area contributed by atoms with Gasteiger partial charge in [-0.1, -0.05) is 11.6 Å². The number of hydrogen-bond donors (Lipinski definition) is 2. The van der Waals surface area contributed by atoms with Crippen LogP contribution in [0.4, 0.5) is 5.69 Å². The Kier molecular flexibility index (Phi) is 5.24. The minimum absolute atomic E-state index is 0.0675. The topological polar surface area (TPSA) is 92.7 Å². The zero-order valence-corrected chi connectivity index (χ0v) is 12.8. The predicted molar refractivity (Wildman–Crippen MR) is 76.9 cm³/mol. The summed E-state index contributed by atoms with van der Waals surface area (Å²) in [7, 11) is -4.01. The second-order valence-corrected chi connectivity index (χ2v) is 6.85. The number of halogens is 1. The van der Waals surface area contributed by atoms with Crippen LogP contribution in [-0.4, -0.2) is 30.8 Å². The van der Waals surface area contributed by atoms with Crippen molar-refractivity contribution >= 4 is 33.3 Å². The third kappa shape index (κ3) is 4.28. The van der Waals surface area contributed by atoms with Crippen LogP contribution in [-0.2, 0) is 14.8 Å². The van der Waals surface area contributed by atoms with Crippen LogP contribution in [0.1, 0.15) is 20.8 Å². The maximum atomic E-state index is 11.7. The van der Waals surface area contributed by atoms with Crippen LogP contribution in [0.5, 0.6) is 5.75 Å². The monoisotopic (exact) mass is 321 g/mol. The first-order valence-electron chi connectivity index (χ1n) is 5.84. The maximum Gasteiger partial charge on any atom is 0.323 e. The number of carboxylic acids is 1. The normalized spacial score (nSPS) is 13.1. The van der Waals surface area contributed by atoms with Crippen molar-refractivity contribution in [2.45, 2.75) is 32.1 Å². The van der Waals surface area contributed by atoms with Crippen molar-refractivity contribution in [1.29, 1.82) is 0 Å². The lowest BCUT2D eigenvalue weighted by atomic mass is 10.3. The van der Waals surface area contributed by atoms with Crippen molar-refractivity contribution in [3.8, 4) is 5.75 Å². The first-order valence-corrected chi connectivity index (χ1v) is 7.76. The number of sulfonamides is 1. The number of anilines is 1. The number of benzene rings is 1. The molecule has 0 fully saturated rings. The molecular formula is C12H16ClNO5S. The van der Waals surface area contributed by atoms with Crippen LogP contribution in [0.2, 0.25) is 5.02 Å². The van der Waals surface area contributed by atoms with Gasteiger partial charge in [0.05, 0.1) is 16.8 Å². The number of carbonyl (C=O) groups is 1. The van der Waals surface area contributed by atoms with E-state index in [-0.39, 0.29) is 16.8 Å². The van der Waals surface area contributed by atoms with Gasteiger partial charge in [0.15, 0.2) is 5.25 Å². The first kappa shape index (κ1) is 16.6. The Morgan fingerprint density at radius 3 is 2.40 bits per heavy atom. The average Bonchev–Trinajstić information content (AvgIpc) is 2.30. The molecule has 0 heterocycles. The summed E-state index contributed by atoms with van der Waals surface area (Å²) in [5.74, 6) is -1.00. The molecule has 1 aromatic carbocycles. The molecule has 0 saturated carbocycles. The van der Waals surface area contributed by atoms with Crippen LogP contribution in [0.3, 0.4) is 0 Å². The number of ether oxygens (including phenoxy) is 1. The highest BCUT2D eigenvalue weighted by molar-refractivity contribution is 7.94. The highest BCUT2D eigenvalue weighted by Crippen LogP contribution is 2.29. The van der Waals surface area contributed by atoms with Gasteiger partial charge in [-0.2, -0.15) is 0 Å². The second kappa shape index (κ2) is 6.32. The SMILES string of the molecule is CC(C)Oc1ccc(NS(=O)(=O)C(C)C(=O)O)cc1Cl. The minimum atomic E-state index is -4.01. The van der Waals surface area contributed by atoms with E-state index in [1.165, 1.54) is 18.2 Å². The molecule has 1 aromatic rings. The molecule has 0 aliphatic carbocycles. The molecule has 0 spiro atoms. The quantitative estimate of drug-likeness (QED) is 0.839. The summed E-state index contributed by atoms with van der Waals surface area (Å²) >= 11 is 5.97. The van der Waals surface area contributed by atoms with Crippen LogP contribution >= 0.6 is 11.6 Å². The molecule has 2 N–H and O–H groups in total. The number of rotatable bonds is 6. The highest BCUT2D eigenvalue weighted by Gasteiger charge is 2.27. The third-order valence-electron chi connectivity index (χ3n) is 2.37. The van der Waals surface area contributed by atoms with Gasteiger partial charge < -0.3 is 9.84 Å². The van der Waals surface area contributed by atoms with E-state index in [2.05, 4.69) is 4.72 Å². The molecule has 20 heavy (non-hydrogen) atoms. The summed E-state index contributed by atoms with van der Waals surface area (Å²) in [4.78, 5) is 10.7. The molecule has 1 atom stereocenters. The summed E-state index contributed by atoms with van der Waals surface area (Å²) in [5.41, 5.74) is 0.180. The molecule has 0 aromatic heterocycles. The highest BCUT2D eigenvalue weighted by atomic mass is 35.5. The molecule has 1 unspecified atom stereocenters. The zero-order chi connectivity index (χ0) is 15.5. The Morgan fingerprint density at radius 1 is 1.35 bits per heavy atom. The van der Waals surface area contributed by atoms with Gasteiger partial charge in [-0.25, -0.2) is 8.42 Å². The fraction of sp³-hybridized carbons (Fsp3) is 0.417. The number of hydrogen-bond acceptors (Lipinski definition) is 4. The van der Waals surface area contributed by atoms with E-state index in [0.29, 0.717) is 5.75 Å². The van der Waals surface area contributed by atoms with Crippen molar-refractivity contribution in [1.82, 2.24) is 0 Å². The molecular weight excluding hydrogens is 306 g/mol. The van der Waals surface area contributed by atoms with E-state index in [1.54, 1.807) is 0 Å². The Balaban J connectivity index is 2.95. The molecule has 0 radical (unpaired) electrons. The maximum absolute atomic E-state index is 11.7. The number of aliphatic carboxylic acids is 1. The van der Waals surface area contributed by atoms with E-state index >= 15 is 0 Å². The van der Waals surface area contributed by atoms with Crippen molar-refractivity contribution in [2.75, 3.05) is 4.72 Å². The summed E-state index contributed by atoms with van der Waals surface area (Å²) in [6.45, 7) is 4.76. The van der Waals surface area contributed by atoms with Gasteiger partial charge in [-0.3, -0.25) is 9.52 Å². The van der Waals surface area contributed by atoms with E-state index < -0.39 is 21.2 Å². The Bertz CT molecular complexity index is 600. The summed E-state index contributed by atoms with van der Waals surface area (Å²) in [5, 5.41) is 7.40. The molecule has 1 rings (SSSR count). The van der Waals surface area contributed by atoms with Gasteiger partial charge in [0, 0.05) is 0 Å². The number of nitrogens with one attached hydrogen (secondary N) is 1. The fourth-order valence-electron chi connectivity index (χ4n) is 1.30. The Hall–Kier alpha value is -1.47. The van der Waals surface area contributed by atoms with Crippen LogP contribution in [0.15, 0.2) is 18.2 Å².